The number of hydrogen-bond donors (Lipinski definition) is 3. The number of nitrogens with one attached hydrogen (secondary N) is 2. The van der Waals surface area contributed by atoms with Crippen LogP contribution in [0.15, 0.2) is 36.4 Å². The van der Waals surface area contributed by atoms with Gasteiger partial charge < -0.3 is 31.1 Å². The molecule has 12 heteroatoms. The number of hydrogen-bond acceptors (Lipinski definition) is 12. The summed E-state index contributed by atoms with van der Waals surface area (Å²) >= 11 is 0. The monoisotopic (exact) mass is 737 g/mol. The van der Waals surface area contributed by atoms with E-state index in [0.717, 1.165) is 139 Å². The lowest BCUT2D eigenvalue weighted by Crippen LogP contribution is -2.60. The number of aromatic nitrogens is 6. The third-order valence-electron chi connectivity index (χ3n) is 14.2. The zero-order valence-corrected chi connectivity index (χ0v) is 33.6. The van der Waals surface area contributed by atoms with Gasteiger partial charge in [0, 0.05) is 78.9 Å². The van der Waals surface area contributed by atoms with Crippen molar-refractivity contribution in [3.8, 4) is 0 Å². The van der Waals surface area contributed by atoms with Crippen LogP contribution in [0.2, 0.25) is 0 Å². The molecule has 5 aliphatic heterocycles. The highest BCUT2D eigenvalue weighted by atomic mass is 15.3. The molecule has 54 heavy (non-hydrogen) atoms. The van der Waals surface area contributed by atoms with Gasteiger partial charge in [0.2, 0.25) is 0 Å². The van der Waals surface area contributed by atoms with Crippen LogP contribution in [0.1, 0.15) is 109 Å². The van der Waals surface area contributed by atoms with Crippen LogP contribution < -0.4 is 31.1 Å². The number of nitrogens with two attached hydrogens (primary N) is 1. The second-order valence-corrected chi connectivity index (χ2v) is 19.4. The summed E-state index contributed by atoms with van der Waals surface area (Å²) in [6.45, 7) is 22.3. The van der Waals surface area contributed by atoms with E-state index in [2.05, 4.69) is 96.4 Å². The molecular formula is C42H64N12. The number of nitrogens with zero attached hydrogens (tertiary/aromatic N) is 9. The van der Waals surface area contributed by atoms with Gasteiger partial charge in [-0.15, -0.1) is 15.3 Å². The Kier molecular flexibility index (Phi) is 10.1. The van der Waals surface area contributed by atoms with Gasteiger partial charge in [-0.1, -0.05) is 34.6 Å². The van der Waals surface area contributed by atoms with Crippen LogP contribution in [0.3, 0.4) is 0 Å². The molecule has 292 valence electrons. The lowest BCUT2D eigenvalue weighted by Gasteiger charge is -2.52. The van der Waals surface area contributed by atoms with Gasteiger partial charge in [-0.2, -0.15) is 15.3 Å². The lowest BCUT2D eigenvalue weighted by atomic mass is 9.69. The highest BCUT2D eigenvalue weighted by Crippen LogP contribution is 2.44. The van der Waals surface area contributed by atoms with E-state index in [-0.39, 0.29) is 16.2 Å². The molecule has 0 radical (unpaired) electrons. The summed E-state index contributed by atoms with van der Waals surface area (Å²) in [6, 6.07) is 13.5. The molecule has 2 spiro atoms. The fourth-order valence-corrected chi connectivity index (χ4v) is 9.66. The Morgan fingerprint density at radius 3 is 1.48 bits per heavy atom. The van der Waals surface area contributed by atoms with Crippen molar-refractivity contribution in [1.82, 2.24) is 41.2 Å². The van der Waals surface area contributed by atoms with E-state index >= 15 is 0 Å². The largest absolute Gasteiger partial charge is 0.355 e. The van der Waals surface area contributed by atoms with E-state index in [9.17, 15) is 0 Å². The van der Waals surface area contributed by atoms with E-state index in [0.29, 0.717) is 16.9 Å². The van der Waals surface area contributed by atoms with Crippen LogP contribution in [0, 0.1) is 10.8 Å². The van der Waals surface area contributed by atoms with Gasteiger partial charge in [0.15, 0.2) is 17.5 Å². The quantitative estimate of drug-likeness (QED) is 0.237. The van der Waals surface area contributed by atoms with E-state index in [4.69, 9.17) is 36.3 Å². The van der Waals surface area contributed by atoms with Crippen molar-refractivity contribution in [3.63, 3.8) is 0 Å². The Bertz CT molecular complexity index is 1690. The predicted octanol–water partition coefficient (Wildman–Crippen LogP) is 4.75. The first kappa shape index (κ1) is 37.4. The zero-order valence-electron chi connectivity index (χ0n) is 33.6. The van der Waals surface area contributed by atoms with Gasteiger partial charge in [0.05, 0.1) is 17.1 Å². The lowest BCUT2D eigenvalue weighted by molar-refractivity contribution is 0.148. The Morgan fingerprint density at radius 1 is 0.574 bits per heavy atom. The summed E-state index contributed by atoms with van der Waals surface area (Å²) < 4.78 is 0. The molecule has 3 aromatic rings. The highest BCUT2D eigenvalue weighted by molar-refractivity contribution is 5.45. The molecular weight excluding hydrogens is 673 g/mol. The fraction of sp³-hybridized carbons (Fsp3) is 0.714. The third-order valence-corrected chi connectivity index (χ3v) is 14.2. The van der Waals surface area contributed by atoms with Crippen LogP contribution in [-0.2, 0) is 16.2 Å². The standard InChI is InChI=1S/C42H64N12/c1-38(2,32-6-9-35(49-46-32)52-24-12-31(43)13-25-52)14-16-40(5,34-8-11-37(51-48-34)53-27-41(28-53)18-21-44-22-19-41)17-15-39(3,4)33-7-10-36(50-47-33)54-29-42(30-54)20-23-45-26-42/h6-11,31,44-45H,12-30,43H2,1-5H3. The Labute approximate surface area is 322 Å². The van der Waals surface area contributed by atoms with Gasteiger partial charge in [-0.25, -0.2) is 0 Å². The number of rotatable bonds is 12. The Balaban J connectivity index is 0.960. The normalized spacial score (nSPS) is 22.7. The minimum atomic E-state index is -0.195. The van der Waals surface area contributed by atoms with E-state index in [1.54, 1.807) is 0 Å². The molecule has 1 atom stereocenters. The first-order chi connectivity index (χ1) is 25.9. The highest BCUT2D eigenvalue weighted by Gasteiger charge is 2.46. The van der Waals surface area contributed by atoms with Crippen LogP contribution in [0.5, 0.6) is 0 Å². The zero-order chi connectivity index (χ0) is 37.6. The van der Waals surface area contributed by atoms with Crippen molar-refractivity contribution in [2.24, 2.45) is 16.6 Å². The second kappa shape index (κ2) is 14.5. The van der Waals surface area contributed by atoms with Crippen LogP contribution >= 0.6 is 0 Å². The molecule has 5 saturated heterocycles. The third kappa shape index (κ3) is 7.67. The second-order valence-electron chi connectivity index (χ2n) is 19.4. The van der Waals surface area contributed by atoms with Crippen LogP contribution in [0.4, 0.5) is 17.5 Å². The summed E-state index contributed by atoms with van der Waals surface area (Å²) in [5.41, 5.74) is 9.67. The molecule has 0 amide bonds. The van der Waals surface area contributed by atoms with Gasteiger partial charge in [-0.3, -0.25) is 0 Å². The van der Waals surface area contributed by atoms with Crippen molar-refractivity contribution in [2.75, 3.05) is 80.1 Å². The topological polar surface area (TPSA) is 137 Å². The Hall–Kier alpha value is -3.48. The van der Waals surface area contributed by atoms with Gasteiger partial charge >= 0.3 is 0 Å². The van der Waals surface area contributed by atoms with Crippen molar-refractivity contribution in [1.29, 1.82) is 0 Å². The maximum atomic E-state index is 6.15. The summed E-state index contributed by atoms with van der Waals surface area (Å²) in [4.78, 5) is 7.11. The summed E-state index contributed by atoms with van der Waals surface area (Å²) in [6.07, 6.45) is 9.58. The molecule has 3 aromatic heterocycles. The minimum Gasteiger partial charge on any atom is -0.355 e. The average Bonchev–Trinajstić information content (AvgIpc) is 3.67. The SMILES string of the molecule is CC(C)(CCC(C)(CCC(C)(C)c1ccc(N2CC3(CCNC3)C2)nn1)c1ccc(N2CC3(CCNCC3)C2)nn1)c1ccc(N2CCC(N)CC2)nn1. The molecule has 0 bridgehead atoms. The van der Waals surface area contributed by atoms with E-state index < -0.39 is 0 Å². The molecule has 5 aliphatic rings. The van der Waals surface area contributed by atoms with Gasteiger partial charge in [-0.05, 0) is 114 Å². The predicted molar refractivity (Wildman–Crippen MR) is 216 cm³/mol. The van der Waals surface area contributed by atoms with E-state index in [1.807, 2.05) is 0 Å². The first-order valence-corrected chi connectivity index (χ1v) is 20.8. The van der Waals surface area contributed by atoms with Gasteiger partial charge in [0.1, 0.15) is 0 Å². The van der Waals surface area contributed by atoms with Crippen molar-refractivity contribution >= 4 is 17.5 Å². The number of anilines is 3. The van der Waals surface area contributed by atoms with Crippen molar-refractivity contribution in [3.05, 3.63) is 53.5 Å². The van der Waals surface area contributed by atoms with Crippen molar-refractivity contribution < 1.29 is 0 Å². The molecule has 0 aromatic carbocycles. The minimum absolute atomic E-state index is 0.151. The Morgan fingerprint density at radius 2 is 1.02 bits per heavy atom. The molecule has 8 rings (SSSR count). The molecule has 1 unspecified atom stereocenters. The molecule has 5 fully saturated rings. The molecule has 12 nitrogen and oxygen atoms in total. The smallest absolute Gasteiger partial charge is 0.151 e. The van der Waals surface area contributed by atoms with Crippen LogP contribution in [-0.4, -0.2) is 102 Å². The maximum Gasteiger partial charge on any atom is 0.151 e. The summed E-state index contributed by atoms with van der Waals surface area (Å²) in [7, 11) is 0. The molecule has 8 heterocycles. The number of piperidine rings is 2. The maximum absolute atomic E-state index is 6.15. The molecule has 0 aliphatic carbocycles. The summed E-state index contributed by atoms with van der Waals surface area (Å²) in [5, 5.41) is 36.0. The van der Waals surface area contributed by atoms with Gasteiger partial charge in [0.25, 0.3) is 0 Å². The molecule has 0 saturated carbocycles. The molecule has 4 N–H and O–H groups in total. The van der Waals surface area contributed by atoms with Crippen molar-refractivity contribution in [2.45, 2.75) is 115 Å². The van der Waals surface area contributed by atoms with E-state index in [1.165, 1.54) is 19.3 Å². The summed E-state index contributed by atoms with van der Waals surface area (Å²) in [5.74, 6) is 2.96. The average molecular weight is 737 g/mol. The fourth-order valence-electron chi connectivity index (χ4n) is 9.66. The van der Waals surface area contributed by atoms with Crippen LogP contribution in [0.25, 0.3) is 0 Å². The first-order valence-electron chi connectivity index (χ1n) is 20.8.